The number of pyridine rings is 1. The van der Waals surface area contributed by atoms with Gasteiger partial charge in [-0.05, 0) is 50.2 Å². The molecule has 6 nitrogen and oxygen atoms in total. The Balaban J connectivity index is 1.47. The molecule has 1 aliphatic carbocycles. The molecule has 1 aromatic heterocycles. The maximum absolute atomic E-state index is 12.6. The van der Waals surface area contributed by atoms with Gasteiger partial charge in [-0.15, -0.1) is 0 Å². The normalized spacial score (nSPS) is 20.4. The molecule has 0 bridgehead atoms. The molecule has 146 valence electrons. The van der Waals surface area contributed by atoms with Crippen molar-refractivity contribution in [3.05, 3.63) is 30.1 Å². The Morgan fingerprint density at radius 3 is 2.67 bits per heavy atom. The van der Waals surface area contributed by atoms with E-state index in [2.05, 4.69) is 4.98 Å². The van der Waals surface area contributed by atoms with E-state index in [1.807, 2.05) is 12.1 Å². The van der Waals surface area contributed by atoms with Crippen molar-refractivity contribution in [2.45, 2.75) is 63.8 Å². The van der Waals surface area contributed by atoms with Gasteiger partial charge in [-0.1, -0.05) is 25.3 Å². The lowest BCUT2D eigenvalue weighted by molar-refractivity contribution is -0.156. The fraction of sp³-hybridized carbons (Fsp3) is 0.619. The molecule has 1 saturated carbocycles. The first-order chi connectivity index (χ1) is 13.2. The van der Waals surface area contributed by atoms with Gasteiger partial charge < -0.3 is 9.64 Å². The van der Waals surface area contributed by atoms with Crippen LogP contribution < -0.4 is 0 Å². The number of ether oxygens (including phenoxy) is 1. The summed E-state index contributed by atoms with van der Waals surface area (Å²) >= 11 is 0. The highest BCUT2D eigenvalue weighted by Gasteiger charge is 2.39. The van der Waals surface area contributed by atoms with Crippen LogP contribution in [-0.4, -0.2) is 46.7 Å². The number of aromatic nitrogens is 1. The predicted octanol–water partition coefficient (Wildman–Crippen LogP) is 2.70. The van der Waals surface area contributed by atoms with Crippen LogP contribution in [0.15, 0.2) is 24.5 Å². The van der Waals surface area contributed by atoms with Gasteiger partial charge in [0.15, 0.2) is 0 Å². The Hall–Kier alpha value is -2.24. The zero-order chi connectivity index (χ0) is 19.1. The van der Waals surface area contributed by atoms with Crippen LogP contribution in [0.25, 0.3) is 0 Å². The lowest BCUT2D eigenvalue weighted by atomic mass is 9.86. The molecule has 2 heterocycles. The summed E-state index contributed by atoms with van der Waals surface area (Å²) < 4.78 is 5.39. The molecule has 0 radical (unpaired) electrons. The lowest BCUT2D eigenvalue weighted by Gasteiger charge is -2.26. The van der Waals surface area contributed by atoms with Crippen LogP contribution in [0.1, 0.15) is 56.9 Å². The number of nitrogens with zero attached hydrogens (tertiary/aromatic N) is 2. The number of hydrogen-bond acceptors (Lipinski definition) is 5. The van der Waals surface area contributed by atoms with Gasteiger partial charge in [0.25, 0.3) is 5.91 Å². The molecule has 1 aromatic rings. The molecule has 1 amide bonds. The Morgan fingerprint density at radius 1 is 1.11 bits per heavy atom. The van der Waals surface area contributed by atoms with Crippen molar-refractivity contribution in [1.82, 2.24) is 9.88 Å². The molecule has 27 heavy (non-hydrogen) atoms. The zero-order valence-electron chi connectivity index (χ0n) is 15.8. The standard InChI is InChI=1S/C21H28N2O4/c24-19(17-9-2-1-3-10-17)20(25)23-13-5-11-18(23)21(26)27-14-6-8-16-7-4-12-22-15-16/h4,7,12,15,17-18H,1-3,5-6,8-11,13-14H2/t18-/m0/s1. The lowest BCUT2D eigenvalue weighted by Crippen LogP contribution is -2.46. The average Bonchev–Trinajstić information content (AvgIpc) is 3.21. The molecule has 0 spiro atoms. The van der Waals surface area contributed by atoms with Gasteiger partial charge in [0.1, 0.15) is 6.04 Å². The Kier molecular flexibility index (Phi) is 6.96. The number of aryl methyl sites for hydroxylation is 1. The summed E-state index contributed by atoms with van der Waals surface area (Å²) in [5.41, 5.74) is 1.10. The first-order valence-electron chi connectivity index (χ1n) is 10.1. The molecule has 1 saturated heterocycles. The smallest absolute Gasteiger partial charge is 0.328 e. The van der Waals surface area contributed by atoms with Crippen LogP contribution in [0.2, 0.25) is 0 Å². The summed E-state index contributed by atoms with van der Waals surface area (Å²) in [6, 6.07) is 3.26. The third-order valence-electron chi connectivity index (χ3n) is 5.55. The largest absolute Gasteiger partial charge is 0.464 e. The monoisotopic (exact) mass is 372 g/mol. The number of carbonyl (C=O) groups excluding carboxylic acids is 3. The minimum atomic E-state index is -0.608. The van der Waals surface area contributed by atoms with E-state index in [-0.39, 0.29) is 17.7 Å². The maximum Gasteiger partial charge on any atom is 0.328 e. The fourth-order valence-electron chi connectivity index (χ4n) is 4.03. The highest BCUT2D eigenvalue weighted by molar-refractivity contribution is 6.37. The van der Waals surface area contributed by atoms with Crippen LogP contribution in [0.4, 0.5) is 0 Å². The molecule has 3 rings (SSSR count). The van der Waals surface area contributed by atoms with Crippen LogP contribution in [0, 0.1) is 5.92 Å². The molecule has 1 atom stereocenters. The van der Waals surface area contributed by atoms with E-state index in [4.69, 9.17) is 4.74 Å². The molecular formula is C21H28N2O4. The quantitative estimate of drug-likeness (QED) is 0.418. The molecule has 2 fully saturated rings. The number of esters is 1. The third kappa shape index (κ3) is 5.15. The second kappa shape index (κ2) is 9.62. The first kappa shape index (κ1) is 19.5. The molecular weight excluding hydrogens is 344 g/mol. The van der Waals surface area contributed by atoms with Crippen LogP contribution in [-0.2, 0) is 25.5 Å². The topological polar surface area (TPSA) is 76.6 Å². The summed E-state index contributed by atoms with van der Waals surface area (Å²) in [5.74, 6) is -1.35. The van der Waals surface area contributed by atoms with E-state index in [1.54, 1.807) is 12.4 Å². The number of amides is 1. The number of hydrogen-bond donors (Lipinski definition) is 0. The number of likely N-dealkylation sites (tertiary alicyclic amines) is 1. The van der Waals surface area contributed by atoms with Gasteiger partial charge in [-0.2, -0.15) is 0 Å². The van der Waals surface area contributed by atoms with E-state index in [0.717, 1.165) is 50.5 Å². The van der Waals surface area contributed by atoms with Gasteiger partial charge >= 0.3 is 5.97 Å². The van der Waals surface area contributed by atoms with Crippen LogP contribution in [0.5, 0.6) is 0 Å². The predicted molar refractivity (Wildman–Crippen MR) is 99.8 cm³/mol. The molecule has 2 aliphatic rings. The summed E-state index contributed by atoms with van der Waals surface area (Å²) in [7, 11) is 0. The first-order valence-corrected chi connectivity index (χ1v) is 10.1. The van der Waals surface area contributed by atoms with Crippen molar-refractivity contribution >= 4 is 17.7 Å². The van der Waals surface area contributed by atoms with E-state index in [9.17, 15) is 14.4 Å². The van der Waals surface area contributed by atoms with Gasteiger partial charge in [0.05, 0.1) is 6.61 Å². The van der Waals surface area contributed by atoms with Crippen molar-refractivity contribution in [3.63, 3.8) is 0 Å². The van der Waals surface area contributed by atoms with Crippen LogP contribution >= 0.6 is 0 Å². The highest BCUT2D eigenvalue weighted by atomic mass is 16.5. The van der Waals surface area contributed by atoms with Crippen molar-refractivity contribution in [2.24, 2.45) is 5.92 Å². The van der Waals surface area contributed by atoms with Gasteiger partial charge in [-0.25, -0.2) is 4.79 Å². The number of ketones is 1. The summed E-state index contributed by atoms with van der Waals surface area (Å²) in [6.45, 7) is 0.773. The number of carbonyl (C=O) groups is 3. The SMILES string of the molecule is O=C(C(=O)N1CCC[C@H]1C(=O)OCCCc1cccnc1)C1CCCCC1. The molecule has 6 heteroatoms. The van der Waals surface area contributed by atoms with Crippen molar-refractivity contribution in [2.75, 3.05) is 13.2 Å². The molecule has 0 N–H and O–H groups in total. The van der Waals surface area contributed by atoms with Crippen molar-refractivity contribution in [1.29, 1.82) is 0 Å². The Morgan fingerprint density at radius 2 is 1.93 bits per heavy atom. The van der Waals surface area contributed by atoms with Gasteiger partial charge in [0, 0.05) is 24.9 Å². The Bertz CT molecular complexity index is 655. The van der Waals surface area contributed by atoms with Crippen molar-refractivity contribution < 1.29 is 19.1 Å². The second-order valence-electron chi connectivity index (χ2n) is 7.49. The summed E-state index contributed by atoms with van der Waals surface area (Å²) in [6.07, 6.45) is 11.1. The molecule has 0 unspecified atom stereocenters. The maximum atomic E-state index is 12.6. The zero-order valence-corrected chi connectivity index (χ0v) is 15.8. The van der Waals surface area contributed by atoms with Crippen LogP contribution in [0.3, 0.4) is 0 Å². The molecule has 0 aromatic carbocycles. The fourth-order valence-corrected chi connectivity index (χ4v) is 4.03. The van der Waals surface area contributed by atoms with Gasteiger partial charge in [-0.3, -0.25) is 14.6 Å². The third-order valence-corrected chi connectivity index (χ3v) is 5.55. The minimum absolute atomic E-state index is 0.164. The summed E-state index contributed by atoms with van der Waals surface area (Å²) in [5, 5.41) is 0. The van der Waals surface area contributed by atoms with Crippen molar-refractivity contribution in [3.8, 4) is 0 Å². The number of Topliss-reactive ketones (excluding diaryl/α,β-unsaturated/α-hetero) is 1. The van der Waals surface area contributed by atoms with E-state index in [0.29, 0.717) is 26.0 Å². The highest BCUT2D eigenvalue weighted by Crippen LogP contribution is 2.27. The van der Waals surface area contributed by atoms with E-state index in [1.165, 1.54) is 4.90 Å². The second-order valence-corrected chi connectivity index (χ2v) is 7.49. The van der Waals surface area contributed by atoms with Gasteiger partial charge in [0.2, 0.25) is 5.78 Å². The summed E-state index contributed by atoms with van der Waals surface area (Å²) in [4.78, 5) is 43.1. The number of rotatable bonds is 7. The molecule has 1 aliphatic heterocycles. The minimum Gasteiger partial charge on any atom is -0.464 e. The van der Waals surface area contributed by atoms with E-state index < -0.39 is 11.9 Å². The average molecular weight is 372 g/mol. The Labute approximate surface area is 160 Å². The van der Waals surface area contributed by atoms with E-state index >= 15 is 0 Å².